The molecule has 1 aliphatic heterocycles. The van der Waals surface area contributed by atoms with Gasteiger partial charge in [0.2, 0.25) is 0 Å². The molecule has 6 nitrogen and oxygen atoms in total. The van der Waals surface area contributed by atoms with Gasteiger partial charge in [0.1, 0.15) is 17.7 Å². The zero-order chi connectivity index (χ0) is 19.1. The van der Waals surface area contributed by atoms with Crippen LogP contribution in [0.3, 0.4) is 0 Å². The highest BCUT2D eigenvalue weighted by Crippen LogP contribution is 2.56. The zero-order valence-electron chi connectivity index (χ0n) is 16.2. The van der Waals surface area contributed by atoms with E-state index in [0.717, 1.165) is 55.7 Å². The maximum Gasteiger partial charge on any atom is 0.258 e. The third-order valence-electron chi connectivity index (χ3n) is 6.55. The van der Waals surface area contributed by atoms with Crippen LogP contribution < -0.4 is 5.32 Å². The quantitative estimate of drug-likeness (QED) is 0.739. The topological polar surface area (TPSA) is 63.3 Å². The van der Waals surface area contributed by atoms with E-state index in [1.807, 2.05) is 36.7 Å². The average Bonchev–Trinajstić information content (AvgIpc) is 3.10. The number of aromatic nitrogens is 2. The van der Waals surface area contributed by atoms with Gasteiger partial charge in [0.15, 0.2) is 0 Å². The first-order valence-electron chi connectivity index (χ1n) is 10.2. The number of benzene rings is 1. The predicted octanol–water partition coefficient (Wildman–Crippen LogP) is 3.43. The van der Waals surface area contributed by atoms with Crippen molar-refractivity contribution in [3.05, 3.63) is 54.3 Å². The van der Waals surface area contributed by atoms with E-state index in [0.29, 0.717) is 12.1 Å². The number of imidazole rings is 1. The summed E-state index contributed by atoms with van der Waals surface area (Å²) < 4.78 is 7.78. The Morgan fingerprint density at radius 1 is 1.36 bits per heavy atom. The second-order valence-corrected chi connectivity index (χ2v) is 8.04. The molecule has 2 aliphatic rings. The van der Waals surface area contributed by atoms with Crippen LogP contribution in [-0.2, 0) is 13.1 Å². The van der Waals surface area contributed by atoms with Gasteiger partial charge in [0, 0.05) is 30.4 Å². The molecular formula is C22H26N4O2. The summed E-state index contributed by atoms with van der Waals surface area (Å²) in [4.78, 5) is 20.2. The summed E-state index contributed by atoms with van der Waals surface area (Å²) in [7, 11) is 0. The molecule has 28 heavy (non-hydrogen) atoms. The Morgan fingerprint density at radius 3 is 3.00 bits per heavy atom. The third kappa shape index (κ3) is 2.83. The van der Waals surface area contributed by atoms with Crippen LogP contribution >= 0.6 is 0 Å². The van der Waals surface area contributed by atoms with E-state index in [9.17, 15) is 4.79 Å². The van der Waals surface area contributed by atoms with Crippen molar-refractivity contribution < 1.29 is 9.21 Å². The molecule has 1 saturated carbocycles. The second-order valence-electron chi connectivity index (χ2n) is 8.04. The van der Waals surface area contributed by atoms with Gasteiger partial charge >= 0.3 is 0 Å². The molecule has 2 fully saturated rings. The van der Waals surface area contributed by atoms with Gasteiger partial charge in [-0.05, 0) is 50.8 Å². The number of para-hydroxylation sites is 1. The number of fused-ring (bicyclic) bond motifs is 1. The summed E-state index contributed by atoms with van der Waals surface area (Å²) in [6, 6.07) is 8.03. The molecular weight excluding hydrogens is 352 g/mol. The van der Waals surface area contributed by atoms with Gasteiger partial charge in [-0.3, -0.25) is 4.79 Å². The van der Waals surface area contributed by atoms with Gasteiger partial charge in [-0.2, -0.15) is 0 Å². The number of rotatable bonds is 5. The maximum atomic E-state index is 13.7. The lowest BCUT2D eigenvalue weighted by Crippen LogP contribution is -2.39. The lowest BCUT2D eigenvalue weighted by molar-refractivity contribution is 0.0686. The Morgan fingerprint density at radius 2 is 2.18 bits per heavy atom. The van der Waals surface area contributed by atoms with Crippen molar-refractivity contribution in [1.29, 1.82) is 0 Å². The molecule has 1 aliphatic carbocycles. The lowest BCUT2D eigenvalue weighted by atomic mass is 9.93. The van der Waals surface area contributed by atoms with E-state index in [2.05, 4.69) is 26.7 Å². The number of carbonyl (C=O) groups excluding carboxylic acids is 1. The van der Waals surface area contributed by atoms with Gasteiger partial charge in [-0.15, -0.1) is 0 Å². The summed E-state index contributed by atoms with van der Waals surface area (Å²) >= 11 is 0. The Kier molecular flexibility index (Phi) is 4.23. The number of hydrogen-bond acceptors (Lipinski definition) is 4. The first kappa shape index (κ1) is 17.5. The number of piperidine rings is 1. The smallest absolute Gasteiger partial charge is 0.258 e. The molecule has 1 amide bonds. The number of nitrogens with zero attached hydrogens (tertiary/aromatic N) is 3. The van der Waals surface area contributed by atoms with Gasteiger partial charge in [0.25, 0.3) is 5.91 Å². The molecule has 0 radical (unpaired) electrons. The predicted molar refractivity (Wildman–Crippen MR) is 107 cm³/mol. The molecule has 1 aromatic carbocycles. The highest BCUT2D eigenvalue weighted by atomic mass is 16.3. The van der Waals surface area contributed by atoms with Crippen LogP contribution in [0.2, 0.25) is 0 Å². The summed E-state index contributed by atoms with van der Waals surface area (Å²) in [5, 5.41) is 4.34. The van der Waals surface area contributed by atoms with Crippen molar-refractivity contribution in [2.45, 2.75) is 45.3 Å². The van der Waals surface area contributed by atoms with Crippen LogP contribution in [0.15, 0.2) is 47.3 Å². The Balaban J connectivity index is 1.49. The largest absolute Gasteiger partial charge is 0.463 e. The van der Waals surface area contributed by atoms with Crippen molar-refractivity contribution in [2.75, 3.05) is 13.1 Å². The summed E-state index contributed by atoms with van der Waals surface area (Å²) in [5.41, 5.74) is 1.68. The molecule has 0 bridgehead atoms. The third-order valence-corrected chi connectivity index (χ3v) is 6.55. The van der Waals surface area contributed by atoms with Gasteiger partial charge in [-0.1, -0.05) is 18.2 Å². The number of furan rings is 1. The first-order valence-corrected chi connectivity index (χ1v) is 10.2. The van der Waals surface area contributed by atoms with Crippen molar-refractivity contribution in [3.8, 4) is 0 Å². The van der Waals surface area contributed by atoms with Crippen LogP contribution in [-0.4, -0.2) is 39.5 Å². The molecule has 1 saturated heterocycles. The summed E-state index contributed by atoms with van der Waals surface area (Å²) in [6.45, 7) is 5.57. The summed E-state index contributed by atoms with van der Waals surface area (Å²) in [6.07, 6.45) is 8.78. The molecule has 1 N–H and O–H groups in total. The van der Waals surface area contributed by atoms with Gasteiger partial charge in [0.05, 0.1) is 12.1 Å². The normalized spacial score (nSPS) is 20.5. The van der Waals surface area contributed by atoms with E-state index >= 15 is 0 Å². The van der Waals surface area contributed by atoms with Crippen LogP contribution in [0.4, 0.5) is 0 Å². The van der Waals surface area contributed by atoms with E-state index in [-0.39, 0.29) is 17.4 Å². The van der Waals surface area contributed by atoms with Crippen molar-refractivity contribution in [3.63, 3.8) is 0 Å². The minimum Gasteiger partial charge on any atom is -0.463 e. The second kappa shape index (κ2) is 6.78. The van der Waals surface area contributed by atoms with E-state index < -0.39 is 0 Å². The molecule has 5 rings (SSSR count). The minimum atomic E-state index is 0.0519. The fourth-order valence-corrected chi connectivity index (χ4v) is 4.78. The average molecular weight is 378 g/mol. The van der Waals surface area contributed by atoms with Crippen molar-refractivity contribution >= 4 is 16.9 Å². The van der Waals surface area contributed by atoms with Crippen molar-refractivity contribution in [2.24, 2.45) is 5.41 Å². The van der Waals surface area contributed by atoms with Gasteiger partial charge < -0.3 is 19.2 Å². The minimum absolute atomic E-state index is 0.0519. The highest BCUT2D eigenvalue weighted by Gasteiger charge is 2.58. The number of nitrogens with one attached hydrogen (secondary N) is 1. The number of hydrogen-bond donors (Lipinski definition) is 1. The molecule has 146 valence electrons. The Bertz CT molecular complexity index is 999. The fourth-order valence-electron chi connectivity index (χ4n) is 4.78. The molecule has 1 atom stereocenters. The van der Waals surface area contributed by atoms with Gasteiger partial charge in [-0.25, -0.2) is 4.98 Å². The number of carbonyl (C=O) groups is 1. The molecule has 1 unspecified atom stereocenters. The number of aryl methyl sites for hydroxylation is 1. The molecule has 1 spiro atoms. The van der Waals surface area contributed by atoms with E-state index in [1.165, 1.54) is 0 Å². The molecule has 3 aromatic rings. The van der Waals surface area contributed by atoms with Crippen molar-refractivity contribution in [1.82, 2.24) is 19.8 Å². The molecule has 2 aromatic heterocycles. The maximum absolute atomic E-state index is 13.7. The zero-order valence-corrected chi connectivity index (χ0v) is 16.2. The van der Waals surface area contributed by atoms with Crippen LogP contribution in [0.25, 0.3) is 11.0 Å². The van der Waals surface area contributed by atoms with Crippen LogP contribution in [0.1, 0.15) is 42.4 Å². The standard InChI is InChI=1S/C22H26N4O2/c1-2-25-12-11-24-20(25)14-26(19-13-22(19)7-9-23-10-8-22)21(27)17-15-28-18-6-4-3-5-16(17)18/h3-6,11-12,15,19,23H,2,7-10,13-14H2,1H3. The fraction of sp³-hybridized carbons (Fsp3) is 0.455. The SMILES string of the molecule is CCn1ccnc1CN(C(=O)c1coc2ccccc12)C1CC12CCNCC2. The highest BCUT2D eigenvalue weighted by molar-refractivity contribution is 6.06. The summed E-state index contributed by atoms with van der Waals surface area (Å²) in [5.74, 6) is 0.996. The van der Waals surface area contributed by atoms with Crippen LogP contribution in [0.5, 0.6) is 0 Å². The Labute approximate surface area is 164 Å². The first-order chi connectivity index (χ1) is 13.7. The molecule has 6 heteroatoms. The monoisotopic (exact) mass is 378 g/mol. The lowest BCUT2D eigenvalue weighted by Gasteiger charge is -2.29. The van der Waals surface area contributed by atoms with E-state index in [1.54, 1.807) is 6.26 Å². The van der Waals surface area contributed by atoms with Crippen LogP contribution in [0, 0.1) is 5.41 Å². The molecule has 3 heterocycles. The Hall–Kier alpha value is -2.60. The number of amides is 1. The van der Waals surface area contributed by atoms with E-state index in [4.69, 9.17) is 4.42 Å².